The Kier molecular flexibility index (Phi) is 8.65. The summed E-state index contributed by atoms with van der Waals surface area (Å²) in [6, 6.07) is 8.44. The number of benzene rings is 1. The normalized spacial score (nSPS) is 12.2. The number of hydrogen-bond donors (Lipinski definition) is 1. The number of urea groups is 1. The molecule has 0 bridgehead atoms. The van der Waals surface area contributed by atoms with Crippen molar-refractivity contribution in [3.63, 3.8) is 0 Å². The van der Waals surface area contributed by atoms with Gasteiger partial charge in [0.05, 0.1) is 0 Å². The van der Waals surface area contributed by atoms with Gasteiger partial charge in [-0.25, -0.2) is 9.59 Å². The van der Waals surface area contributed by atoms with Gasteiger partial charge < -0.3 is 15.0 Å². The van der Waals surface area contributed by atoms with Gasteiger partial charge in [0.2, 0.25) is 0 Å². The molecule has 144 valence electrons. The van der Waals surface area contributed by atoms with E-state index in [0.717, 1.165) is 5.56 Å². The van der Waals surface area contributed by atoms with E-state index in [1.807, 2.05) is 30.3 Å². The quantitative estimate of drug-likeness (QED) is 0.735. The van der Waals surface area contributed by atoms with Crippen LogP contribution in [0.1, 0.15) is 40.2 Å². The number of carbonyl (C=O) groups excluding carboxylic acids is 3. The van der Waals surface area contributed by atoms with E-state index in [1.54, 1.807) is 32.6 Å². The van der Waals surface area contributed by atoms with E-state index in [2.05, 4.69) is 5.32 Å². The third kappa shape index (κ3) is 8.89. The highest BCUT2D eigenvalue weighted by Gasteiger charge is 2.25. The summed E-state index contributed by atoms with van der Waals surface area (Å²) >= 11 is 1.17. The summed E-state index contributed by atoms with van der Waals surface area (Å²) in [5, 5.41) is 2.69. The molecule has 0 aliphatic carbocycles. The molecule has 1 aromatic carbocycles. The van der Waals surface area contributed by atoms with Crippen molar-refractivity contribution in [2.75, 3.05) is 12.3 Å². The summed E-state index contributed by atoms with van der Waals surface area (Å²) in [4.78, 5) is 37.4. The zero-order valence-electron chi connectivity index (χ0n) is 16.1. The van der Waals surface area contributed by atoms with Crippen molar-refractivity contribution in [3.8, 4) is 0 Å². The Morgan fingerprint density at radius 3 is 2.35 bits per heavy atom. The van der Waals surface area contributed by atoms with Gasteiger partial charge in [-0.3, -0.25) is 4.79 Å². The topological polar surface area (TPSA) is 75.7 Å². The average Bonchev–Trinajstić information content (AvgIpc) is 2.52. The molecule has 0 radical (unpaired) electrons. The summed E-state index contributed by atoms with van der Waals surface area (Å²) in [5.41, 5.74) is 0.359. The lowest BCUT2D eigenvalue weighted by molar-refractivity contribution is -0.156. The standard InChI is InChI=1S/C19H28N2O4S/c1-14(17(23)25-19(3,4)5)20-18(24)21(11-12-26-15(2)22)13-16-9-7-6-8-10-16/h6-10,14H,11-13H2,1-5H3,(H,20,24). The SMILES string of the molecule is CC(=O)SCCN(Cc1ccccc1)C(=O)NC(C)C(=O)OC(C)(C)C. The number of esters is 1. The van der Waals surface area contributed by atoms with Crippen molar-refractivity contribution in [3.05, 3.63) is 35.9 Å². The van der Waals surface area contributed by atoms with Gasteiger partial charge in [-0.2, -0.15) is 0 Å². The Hall–Kier alpha value is -2.02. The van der Waals surface area contributed by atoms with Crippen molar-refractivity contribution < 1.29 is 19.1 Å². The van der Waals surface area contributed by atoms with Crippen molar-refractivity contribution in [1.29, 1.82) is 0 Å². The first kappa shape index (κ1) is 22.0. The number of nitrogens with one attached hydrogen (secondary N) is 1. The van der Waals surface area contributed by atoms with Crippen LogP contribution in [0.25, 0.3) is 0 Å². The smallest absolute Gasteiger partial charge is 0.328 e. The van der Waals surface area contributed by atoms with Gasteiger partial charge in [-0.05, 0) is 33.3 Å². The van der Waals surface area contributed by atoms with Gasteiger partial charge in [0.1, 0.15) is 11.6 Å². The minimum atomic E-state index is -0.763. The Labute approximate surface area is 159 Å². The molecule has 0 fully saturated rings. The maximum absolute atomic E-state index is 12.6. The molecule has 0 spiro atoms. The molecule has 0 saturated carbocycles. The second kappa shape index (κ2) is 10.2. The second-order valence-electron chi connectivity index (χ2n) is 6.95. The van der Waals surface area contributed by atoms with Crippen LogP contribution in [0.4, 0.5) is 4.79 Å². The molecule has 1 atom stereocenters. The van der Waals surface area contributed by atoms with Gasteiger partial charge >= 0.3 is 12.0 Å². The minimum absolute atomic E-state index is 0.00666. The Bertz CT molecular complexity index is 614. The number of ether oxygens (including phenoxy) is 1. The number of amides is 2. The van der Waals surface area contributed by atoms with Gasteiger partial charge in [0.25, 0.3) is 0 Å². The van der Waals surface area contributed by atoms with Crippen LogP contribution in [-0.2, 0) is 20.9 Å². The van der Waals surface area contributed by atoms with Crippen LogP contribution in [0.15, 0.2) is 30.3 Å². The lowest BCUT2D eigenvalue weighted by atomic mass is 10.2. The van der Waals surface area contributed by atoms with Crippen LogP contribution in [0.3, 0.4) is 0 Å². The first-order chi connectivity index (χ1) is 12.1. The van der Waals surface area contributed by atoms with E-state index in [0.29, 0.717) is 18.8 Å². The molecule has 2 amide bonds. The number of rotatable bonds is 7. The molecule has 0 aliphatic rings. The lowest BCUT2D eigenvalue weighted by Gasteiger charge is -2.26. The number of carbonyl (C=O) groups is 3. The maximum atomic E-state index is 12.6. The summed E-state index contributed by atoms with van der Waals surface area (Å²) in [6.07, 6.45) is 0. The molecular formula is C19H28N2O4S. The van der Waals surface area contributed by atoms with Crippen molar-refractivity contribution in [2.24, 2.45) is 0 Å². The fourth-order valence-electron chi connectivity index (χ4n) is 2.08. The van der Waals surface area contributed by atoms with E-state index in [-0.39, 0.29) is 11.1 Å². The highest BCUT2D eigenvalue weighted by atomic mass is 32.2. The van der Waals surface area contributed by atoms with Crippen LogP contribution in [0.5, 0.6) is 0 Å². The van der Waals surface area contributed by atoms with E-state index in [4.69, 9.17) is 4.74 Å². The third-order valence-corrected chi connectivity index (χ3v) is 4.06. The number of thioether (sulfide) groups is 1. The summed E-state index contributed by atoms with van der Waals surface area (Å²) < 4.78 is 5.29. The van der Waals surface area contributed by atoms with Crippen molar-refractivity contribution in [1.82, 2.24) is 10.2 Å². The molecular weight excluding hydrogens is 352 g/mol. The van der Waals surface area contributed by atoms with Crippen LogP contribution >= 0.6 is 11.8 Å². The molecule has 0 aliphatic heterocycles. The Morgan fingerprint density at radius 1 is 1.19 bits per heavy atom. The zero-order chi connectivity index (χ0) is 19.7. The predicted molar refractivity (Wildman–Crippen MR) is 104 cm³/mol. The van der Waals surface area contributed by atoms with E-state index >= 15 is 0 Å². The molecule has 1 N–H and O–H groups in total. The maximum Gasteiger partial charge on any atom is 0.328 e. The van der Waals surface area contributed by atoms with Gasteiger partial charge in [-0.1, -0.05) is 42.1 Å². The first-order valence-corrected chi connectivity index (χ1v) is 9.52. The largest absolute Gasteiger partial charge is 0.458 e. The third-order valence-electron chi connectivity index (χ3n) is 3.27. The average molecular weight is 381 g/mol. The van der Waals surface area contributed by atoms with Gasteiger partial charge in [-0.15, -0.1) is 0 Å². The second-order valence-corrected chi connectivity index (χ2v) is 8.22. The molecule has 0 aromatic heterocycles. The van der Waals surface area contributed by atoms with Crippen LogP contribution in [-0.4, -0.2) is 46.0 Å². The van der Waals surface area contributed by atoms with Crippen molar-refractivity contribution in [2.45, 2.75) is 52.8 Å². The zero-order valence-corrected chi connectivity index (χ0v) is 16.9. The molecule has 0 heterocycles. The van der Waals surface area contributed by atoms with Crippen LogP contribution in [0.2, 0.25) is 0 Å². The van der Waals surface area contributed by atoms with Crippen molar-refractivity contribution >= 4 is 28.9 Å². The summed E-state index contributed by atoms with van der Waals surface area (Å²) in [7, 11) is 0. The summed E-state index contributed by atoms with van der Waals surface area (Å²) in [6.45, 7) is 9.21. The fraction of sp³-hybridized carbons (Fsp3) is 0.526. The van der Waals surface area contributed by atoms with Crippen LogP contribution < -0.4 is 5.32 Å². The Morgan fingerprint density at radius 2 is 1.81 bits per heavy atom. The molecule has 26 heavy (non-hydrogen) atoms. The minimum Gasteiger partial charge on any atom is -0.458 e. The number of hydrogen-bond acceptors (Lipinski definition) is 5. The molecule has 6 nitrogen and oxygen atoms in total. The highest BCUT2D eigenvalue weighted by molar-refractivity contribution is 8.13. The Balaban J connectivity index is 2.72. The molecule has 1 unspecified atom stereocenters. The predicted octanol–water partition coefficient (Wildman–Crippen LogP) is 3.21. The monoisotopic (exact) mass is 380 g/mol. The molecule has 7 heteroatoms. The highest BCUT2D eigenvalue weighted by Crippen LogP contribution is 2.10. The molecule has 0 saturated heterocycles. The number of nitrogens with zero attached hydrogens (tertiary/aromatic N) is 1. The van der Waals surface area contributed by atoms with Gasteiger partial charge in [0, 0.05) is 25.8 Å². The van der Waals surface area contributed by atoms with Gasteiger partial charge in [0.15, 0.2) is 5.12 Å². The molecule has 1 aromatic rings. The first-order valence-electron chi connectivity index (χ1n) is 8.54. The van der Waals surface area contributed by atoms with E-state index in [9.17, 15) is 14.4 Å². The molecule has 1 rings (SSSR count). The summed E-state index contributed by atoms with van der Waals surface area (Å²) in [5.74, 6) is 0.0137. The van der Waals surface area contributed by atoms with E-state index in [1.165, 1.54) is 18.7 Å². The lowest BCUT2D eigenvalue weighted by Crippen LogP contribution is -2.48. The van der Waals surface area contributed by atoms with E-state index < -0.39 is 17.6 Å². The fourth-order valence-corrected chi connectivity index (χ4v) is 2.68. The van der Waals surface area contributed by atoms with Crippen LogP contribution in [0, 0.1) is 0 Å².